The maximum atomic E-state index is 6.04. The van der Waals surface area contributed by atoms with Gasteiger partial charge in [0.2, 0.25) is 0 Å². The van der Waals surface area contributed by atoms with Gasteiger partial charge in [0, 0.05) is 13.2 Å². The second-order valence-corrected chi connectivity index (χ2v) is 5.54. The fourth-order valence-corrected chi connectivity index (χ4v) is 2.94. The molecule has 0 bridgehead atoms. The normalized spacial score (nSPS) is 24.6. The third-order valence-electron chi connectivity index (χ3n) is 4.05. The molecule has 6 nitrogen and oxygen atoms in total. The quantitative estimate of drug-likeness (QED) is 0.614. The van der Waals surface area contributed by atoms with Gasteiger partial charge in [-0.05, 0) is 32.6 Å². The summed E-state index contributed by atoms with van der Waals surface area (Å²) < 4.78 is 13.5. The fourth-order valence-electron chi connectivity index (χ4n) is 2.94. The highest BCUT2D eigenvalue weighted by Crippen LogP contribution is 2.39. The number of nitrogens with one attached hydrogen (secondary N) is 1. The molecule has 1 saturated heterocycles. The van der Waals surface area contributed by atoms with Crippen LogP contribution in [0.5, 0.6) is 5.75 Å². The molecule has 2 atom stereocenters. The van der Waals surface area contributed by atoms with Crippen molar-refractivity contribution in [2.24, 2.45) is 5.84 Å². The van der Waals surface area contributed by atoms with Crippen molar-refractivity contribution in [2.45, 2.75) is 57.7 Å². The molecule has 20 heavy (non-hydrogen) atoms. The van der Waals surface area contributed by atoms with Crippen molar-refractivity contribution in [3.63, 3.8) is 0 Å². The molecule has 1 aliphatic rings. The van der Waals surface area contributed by atoms with Crippen molar-refractivity contribution < 1.29 is 9.47 Å². The van der Waals surface area contributed by atoms with Gasteiger partial charge >= 0.3 is 0 Å². The van der Waals surface area contributed by atoms with Gasteiger partial charge in [0.25, 0.3) is 0 Å². The zero-order valence-corrected chi connectivity index (χ0v) is 12.7. The van der Waals surface area contributed by atoms with E-state index in [-0.39, 0.29) is 11.6 Å². The Hall–Kier alpha value is -1.11. The molecule has 1 aromatic heterocycles. The van der Waals surface area contributed by atoms with Crippen LogP contribution >= 0.6 is 0 Å². The summed E-state index contributed by atoms with van der Waals surface area (Å²) in [6.07, 6.45) is 5.99. The predicted molar refractivity (Wildman–Crippen MR) is 77.3 cm³/mol. The van der Waals surface area contributed by atoms with Gasteiger partial charge in [-0.3, -0.25) is 10.5 Å². The van der Waals surface area contributed by atoms with Crippen molar-refractivity contribution in [3.8, 4) is 5.75 Å². The number of nitrogens with two attached hydrogens (primary N) is 1. The molecule has 0 amide bonds. The van der Waals surface area contributed by atoms with Crippen molar-refractivity contribution in [2.75, 3.05) is 13.7 Å². The number of methoxy groups -OCH3 is 1. The van der Waals surface area contributed by atoms with Gasteiger partial charge < -0.3 is 9.47 Å². The number of ether oxygens (including phenoxy) is 2. The van der Waals surface area contributed by atoms with Crippen LogP contribution in [0.1, 0.15) is 51.3 Å². The first kappa shape index (κ1) is 15.3. The van der Waals surface area contributed by atoms with Crippen LogP contribution in [0.15, 0.2) is 6.20 Å². The molecule has 0 spiro atoms. The average Bonchev–Trinajstić information content (AvgIpc) is 2.84. The van der Waals surface area contributed by atoms with E-state index in [0.29, 0.717) is 0 Å². The monoisotopic (exact) mass is 282 g/mol. The Balaban J connectivity index is 2.36. The number of aromatic nitrogens is 2. The van der Waals surface area contributed by atoms with Crippen LogP contribution in [-0.4, -0.2) is 29.1 Å². The lowest BCUT2D eigenvalue weighted by Crippen LogP contribution is -2.49. The van der Waals surface area contributed by atoms with Gasteiger partial charge in [-0.2, -0.15) is 5.10 Å². The standard InChI is InChI=1S/C14H26N4O2/c1-4-8-18-12(11(19-3)10-16-18)13(17-15)14(2)7-5-6-9-20-14/h10,13,17H,4-9,15H2,1-3H3. The summed E-state index contributed by atoms with van der Waals surface area (Å²) in [7, 11) is 1.66. The molecule has 2 unspecified atom stereocenters. The molecule has 3 N–H and O–H groups in total. The van der Waals surface area contributed by atoms with Crippen molar-refractivity contribution in [1.29, 1.82) is 0 Å². The summed E-state index contributed by atoms with van der Waals surface area (Å²) in [5.41, 5.74) is 3.57. The Morgan fingerprint density at radius 2 is 2.40 bits per heavy atom. The number of hydrogen-bond donors (Lipinski definition) is 2. The minimum Gasteiger partial charge on any atom is -0.493 e. The molecule has 6 heteroatoms. The van der Waals surface area contributed by atoms with E-state index < -0.39 is 0 Å². The number of hydrazine groups is 1. The second-order valence-electron chi connectivity index (χ2n) is 5.54. The largest absolute Gasteiger partial charge is 0.493 e. The van der Waals surface area contributed by atoms with E-state index in [1.165, 1.54) is 0 Å². The fraction of sp³-hybridized carbons (Fsp3) is 0.786. The summed E-state index contributed by atoms with van der Waals surface area (Å²) in [5, 5.41) is 4.41. The zero-order valence-electron chi connectivity index (χ0n) is 12.7. The molecule has 1 aromatic rings. The summed E-state index contributed by atoms with van der Waals surface area (Å²) in [6.45, 7) is 5.85. The van der Waals surface area contributed by atoms with E-state index in [0.717, 1.165) is 50.3 Å². The molecule has 0 aromatic carbocycles. The number of hydrogen-bond acceptors (Lipinski definition) is 5. The highest BCUT2D eigenvalue weighted by molar-refractivity contribution is 5.30. The van der Waals surface area contributed by atoms with Crippen LogP contribution in [0, 0.1) is 0 Å². The van der Waals surface area contributed by atoms with Crippen LogP contribution in [0.4, 0.5) is 0 Å². The maximum absolute atomic E-state index is 6.04. The van der Waals surface area contributed by atoms with Crippen molar-refractivity contribution in [1.82, 2.24) is 15.2 Å². The molecule has 0 radical (unpaired) electrons. The minimum absolute atomic E-state index is 0.133. The van der Waals surface area contributed by atoms with E-state index in [9.17, 15) is 0 Å². The first-order valence-electron chi connectivity index (χ1n) is 7.36. The van der Waals surface area contributed by atoms with Crippen LogP contribution < -0.4 is 16.0 Å². The average molecular weight is 282 g/mol. The Labute approximate surface area is 120 Å². The van der Waals surface area contributed by atoms with Crippen LogP contribution in [0.3, 0.4) is 0 Å². The molecular weight excluding hydrogens is 256 g/mol. The molecular formula is C14H26N4O2. The van der Waals surface area contributed by atoms with Gasteiger partial charge in [0.15, 0.2) is 5.75 Å². The smallest absolute Gasteiger partial charge is 0.161 e. The number of aryl methyl sites for hydroxylation is 1. The highest BCUT2D eigenvalue weighted by Gasteiger charge is 2.40. The third-order valence-corrected chi connectivity index (χ3v) is 4.05. The van der Waals surface area contributed by atoms with Crippen LogP contribution in [0.25, 0.3) is 0 Å². The van der Waals surface area contributed by atoms with E-state index >= 15 is 0 Å². The molecule has 0 aliphatic carbocycles. The van der Waals surface area contributed by atoms with Gasteiger partial charge in [-0.15, -0.1) is 0 Å². The molecule has 1 fully saturated rings. The van der Waals surface area contributed by atoms with E-state index in [1.807, 2.05) is 4.68 Å². The van der Waals surface area contributed by atoms with Crippen LogP contribution in [-0.2, 0) is 11.3 Å². The lowest BCUT2D eigenvalue weighted by atomic mass is 9.86. The van der Waals surface area contributed by atoms with E-state index in [4.69, 9.17) is 15.3 Å². The molecule has 0 saturated carbocycles. The van der Waals surface area contributed by atoms with E-state index in [1.54, 1.807) is 13.3 Å². The van der Waals surface area contributed by atoms with Crippen molar-refractivity contribution >= 4 is 0 Å². The van der Waals surface area contributed by atoms with Crippen LogP contribution in [0.2, 0.25) is 0 Å². The third kappa shape index (κ3) is 2.82. The summed E-state index contributed by atoms with van der Waals surface area (Å²) >= 11 is 0. The lowest BCUT2D eigenvalue weighted by Gasteiger charge is -2.40. The molecule has 114 valence electrons. The molecule has 2 rings (SSSR count). The predicted octanol–water partition coefficient (Wildman–Crippen LogP) is 1.77. The molecule has 1 aliphatic heterocycles. The number of rotatable bonds is 6. The zero-order chi connectivity index (χ0) is 14.6. The Morgan fingerprint density at radius 3 is 2.95 bits per heavy atom. The number of nitrogens with zero attached hydrogens (tertiary/aromatic N) is 2. The summed E-state index contributed by atoms with van der Waals surface area (Å²) in [4.78, 5) is 0. The van der Waals surface area contributed by atoms with Gasteiger partial charge in [0.05, 0.1) is 24.9 Å². The summed E-state index contributed by atoms with van der Waals surface area (Å²) in [6, 6.07) is -0.133. The van der Waals surface area contributed by atoms with Gasteiger partial charge in [0.1, 0.15) is 5.69 Å². The Kier molecular flexibility index (Phi) is 5.01. The molecule has 2 heterocycles. The first-order chi connectivity index (χ1) is 9.66. The van der Waals surface area contributed by atoms with Gasteiger partial charge in [-0.25, -0.2) is 5.43 Å². The van der Waals surface area contributed by atoms with Gasteiger partial charge in [-0.1, -0.05) is 6.92 Å². The Bertz CT molecular complexity index is 427. The minimum atomic E-state index is -0.328. The first-order valence-corrected chi connectivity index (χ1v) is 7.36. The maximum Gasteiger partial charge on any atom is 0.161 e. The van der Waals surface area contributed by atoms with E-state index in [2.05, 4.69) is 24.4 Å². The lowest BCUT2D eigenvalue weighted by molar-refractivity contribution is -0.0918. The second kappa shape index (κ2) is 6.56. The Morgan fingerprint density at radius 1 is 1.60 bits per heavy atom. The SMILES string of the molecule is CCCn1ncc(OC)c1C(NN)C1(C)CCCCO1. The summed E-state index contributed by atoms with van der Waals surface area (Å²) in [5.74, 6) is 6.60. The highest BCUT2D eigenvalue weighted by atomic mass is 16.5. The topological polar surface area (TPSA) is 74.3 Å². The van der Waals surface area contributed by atoms with Crippen molar-refractivity contribution in [3.05, 3.63) is 11.9 Å².